The van der Waals surface area contributed by atoms with Crippen LogP contribution in [0.25, 0.3) is 44.8 Å². The third kappa shape index (κ3) is 11.3. The highest BCUT2D eigenvalue weighted by Crippen LogP contribution is 2.60. The van der Waals surface area contributed by atoms with Gasteiger partial charge >= 0.3 is 0 Å². The number of benzene rings is 14. The molecule has 0 radical (unpaired) electrons. The van der Waals surface area contributed by atoms with Gasteiger partial charge in [-0.15, -0.1) is 0 Å². The van der Waals surface area contributed by atoms with Crippen LogP contribution in [0.5, 0.6) is 0 Å². The number of fused-ring (bicyclic) bond motifs is 4. The topological polar surface area (TPSA) is 35.5 Å². The number of pyridine rings is 2. The van der Waals surface area contributed by atoms with E-state index in [0.717, 1.165) is 123 Å². The third-order valence-corrected chi connectivity index (χ3v) is 20.4. The van der Waals surface area contributed by atoms with Gasteiger partial charge in [-0.1, -0.05) is 307 Å². The minimum Gasteiger partial charge on any atom is -0.311 e. The predicted molar refractivity (Wildman–Crippen MR) is 426 cm³/mol. The smallest absolute Gasteiger partial charge is 0.0914 e. The summed E-state index contributed by atoms with van der Waals surface area (Å²) >= 11 is 3.71. The fourth-order valence-corrected chi connectivity index (χ4v) is 15.7. The summed E-state index contributed by atoms with van der Waals surface area (Å²) in [7, 11) is 0. The van der Waals surface area contributed by atoms with Crippen molar-refractivity contribution in [3.63, 3.8) is 0 Å². The molecule has 5 nitrogen and oxygen atoms in total. The molecular weight excluding hydrogens is 1300 g/mol. The summed E-state index contributed by atoms with van der Waals surface area (Å²) in [5.41, 5.74) is 26.1. The van der Waals surface area contributed by atoms with Gasteiger partial charge in [0.25, 0.3) is 0 Å². The van der Waals surface area contributed by atoms with E-state index >= 15 is 0 Å². The molecule has 0 bridgehead atoms. The van der Waals surface area contributed by atoms with Crippen molar-refractivity contribution in [2.75, 3.05) is 14.7 Å². The standard InChI is InChI=1S/C54H39N3.C42H29BrN2/c1-6-20-40(21-7-1)42-38-50(41-22-8-2-9-23-41)55-53(39-42)54(43-34-36-47(37-35-43)56(44-24-10-3-11-25-44)45-26-12-4-13-27-45)48-30-16-18-32-51(48)57(46-28-14-5-15-29-46)52-33-19-17-31-49(52)54;43-34-26-24-33(25-27-34)42(41-29-32(30-14-4-1-5-15-30)28-38(44-41)31-16-6-2-7-17-31)36-20-10-12-22-39(36)45(35-18-8-3-9-19-35)40-23-13-11-21-37(40)42/h1-39H;1-29H. The van der Waals surface area contributed by atoms with Crippen LogP contribution in [0.4, 0.5) is 51.2 Å². The summed E-state index contributed by atoms with van der Waals surface area (Å²) in [5, 5.41) is 0. The monoisotopic (exact) mass is 1370 g/mol. The Morgan fingerprint density at radius 3 is 0.833 bits per heavy atom. The summed E-state index contributed by atoms with van der Waals surface area (Å²) < 4.78 is 1.04. The molecule has 0 atom stereocenters. The second-order valence-corrected chi connectivity index (χ2v) is 26.6. The van der Waals surface area contributed by atoms with Crippen molar-refractivity contribution in [1.29, 1.82) is 0 Å². The Morgan fingerprint density at radius 1 is 0.235 bits per heavy atom. The maximum Gasteiger partial charge on any atom is 0.0914 e. The van der Waals surface area contributed by atoms with Gasteiger partial charge in [-0.2, -0.15) is 0 Å². The van der Waals surface area contributed by atoms with Crippen molar-refractivity contribution in [1.82, 2.24) is 9.97 Å². The Hall–Kier alpha value is -12.7. The first kappa shape index (κ1) is 62.8. The molecule has 0 unspecified atom stereocenters. The summed E-state index contributed by atoms with van der Waals surface area (Å²) in [6, 6.07) is 147. The van der Waals surface area contributed by atoms with E-state index in [4.69, 9.17) is 9.97 Å². The first-order valence-electron chi connectivity index (χ1n) is 34.6. The minimum atomic E-state index is -0.796. The van der Waals surface area contributed by atoms with Crippen LogP contribution in [0.15, 0.2) is 417 Å². The molecule has 102 heavy (non-hydrogen) atoms. The van der Waals surface area contributed by atoms with Crippen molar-refractivity contribution in [3.05, 3.63) is 462 Å². The predicted octanol–water partition coefficient (Wildman–Crippen LogP) is 25.4. The zero-order valence-corrected chi connectivity index (χ0v) is 57.5. The third-order valence-electron chi connectivity index (χ3n) is 19.9. The first-order chi connectivity index (χ1) is 50.5. The highest BCUT2D eigenvalue weighted by Gasteiger charge is 2.50. The molecule has 2 aliphatic heterocycles. The van der Waals surface area contributed by atoms with Gasteiger partial charge < -0.3 is 14.7 Å². The van der Waals surface area contributed by atoms with Crippen LogP contribution < -0.4 is 14.7 Å². The Balaban J connectivity index is 0.000000156. The molecule has 4 heterocycles. The molecule has 0 fully saturated rings. The van der Waals surface area contributed by atoms with Gasteiger partial charge in [-0.25, -0.2) is 0 Å². The second kappa shape index (κ2) is 27.5. The lowest BCUT2D eigenvalue weighted by Crippen LogP contribution is -2.38. The van der Waals surface area contributed by atoms with Crippen molar-refractivity contribution in [2.45, 2.75) is 10.8 Å². The van der Waals surface area contributed by atoms with E-state index in [2.05, 4.69) is 443 Å². The molecule has 0 aliphatic carbocycles. The van der Waals surface area contributed by atoms with Crippen LogP contribution in [0.3, 0.4) is 0 Å². The van der Waals surface area contributed by atoms with E-state index in [9.17, 15) is 0 Å². The quantitative estimate of drug-likeness (QED) is 0.115. The van der Waals surface area contributed by atoms with E-state index in [-0.39, 0.29) is 0 Å². The molecule has 0 amide bonds. The van der Waals surface area contributed by atoms with E-state index in [1.807, 2.05) is 0 Å². The van der Waals surface area contributed by atoms with Crippen LogP contribution in [0.2, 0.25) is 0 Å². The van der Waals surface area contributed by atoms with E-state index in [1.54, 1.807) is 0 Å². The Bertz CT molecular complexity index is 5320. The van der Waals surface area contributed by atoms with Crippen LogP contribution in [-0.2, 0) is 10.8 Å². The molecule has 6 heteroatoms. The average molecular weight is 1370 g/mol. The van der Waals surface area contributed by atoms with Gasteiger partial charge in [-0.3, -0.25) is 9.97 Å². The molecule has 2 aliphatic rings. The van der Waals surface area contributed by atoms with Crippen LogP contribution in [0, 0.1) is 0 Å². The largest absolute Gasteiger partial charge is 0.311 e. The van der Waals surface area contributed by atoms with Gasteiger partial charge in [0.05, 0.1) is 56.4 Å². The first-order valence-corrected chi connectivity index (χ1v) is 35.4. The molecular formula is C96H68BrN5. The summed E-state index contributed by atoms with van der Waals surface area (Å²) in [5.74, 6) is 0. The molecule has 18 rings (SSSR count). The highest BCUT2D eigenvalue weighted by atomic mass is 79.9. The molecule has 0 N–H and O–H groups in total. The number of halogens is 1. The normalized spacial score (nSPS) is 12.9. The zero-order chi connectivity index (χ0) is 68.2. The fraction of sp³-hybridized carbons (Fsp3) is 0.0208. The lowest BCUT2D eigenvalue weighted by atomic mass is 9.63. The maximum atomic E-state index is 5.72. The van der Waals surface area contributed by atoms with Crippen molar-refractivity contribution < 1.29 is 0 Å². The fourth-order valence-electron chi connectivity index (χ4n) is 15.4. The lowest BCUT2D eigenvalue weighted by molar-refractivity contribution is 0.704. The number of anilines is 9. The highest BCUT2D eigenvalue weighted by molar-refractivity contribution is 9.10. The Labute approximate surface area is 605 Å². The minimum absolute atomic E-state index is 0.701. The van der Waals surface area contributed by atoms with Gasteiger partial charge in [0.2, 0.25) is 0 Å². The second-order valence-electron chi connectivity index (χ2n) is 25.7. The summed E-state index contributed by atoms with van der Waals surface area (Å²) in [6.07, 6.45) is 0. The van der Waals surface area contributed by atoms with Gasteiger partial charge in [-0.05, 0) is 177 Å². The van der Waals surface area contributed by atoms with E-state index in [0.29, 0.717) is 0 Å². The molecule has 16 aromatic rings. The number of nitrogens with zero attached hydrogens (tertiary/aromatic N) is 5. The van der Waals surface area contributed by atoms with E-state index in [1.165, 1.54) is 22.3 Å². The SMILES string of the molecule is Brc1ccc(C2(c3cc(-c4ccccc4)cc(-c4ccccc4)n3)c3ccccc3N(c3ccccc3)c3ccccc32)cc1.c1ccc(-c2cc(-c3ccccc3)nc(C3(c4ccc(N(c5ccccc5)c5ccccc5)cc4)c4ccccc4N(c4ccccc4)c4ccccc43)c2)cc1. The van der Waals surface area contributed by atoms with Gasteiger partial charge in [0.1, 0.15) is 0 Å². The van der Waals surface area contributed by atoms with Crippen LogP contribution in [0.1, 0.15) is 44.8 Å². The number of hydrogen-bond donors (Lipinski definition) is 0. The number of rotatable bonds is 13. The molecule has 14 aromatic carbocycles. The summed E-state index contributed by atoms with van der Waals surface area (Å²) in [4.78, 5) is 18.4. The average Bonchev–Trinajstić information content (AvgIpc) is 0.700. The summed E-state index contributed by atoms with van der Waals surface area (Å²) in [6.45, 7) is 0. The lowest BCUT2D eigenvalue weighted by Gasteiger charge is -2.46. The Morgan fingerprint density at radius 2 is 0.500 bits per heavy atom. The molecule has 484 valence electrons. The van der Waals surface area contributed by atoms with Crippen molar-refractivity contribution in [3.8, 4) is 44.8 Å². The zero-order valence-electron chi connectivity index (χ0n) is 55.9. The van der Waals surface area contributed by atoms with Gasteiger partial charge in [0.15, 0.2) is 0 Å². The number of aromatic nitrogens is 2. The molecule has 0 saturated heterocycles. The van der Waals surface area contributed by atoms with Crippen LogP contribution >= 0.6 is 15.9 Å². The Kier molecular flexibility index (Phi) is 16.9. The van der Waals surface area contributed by atoms with Crippen LogP contribution in [-0.4, -0.2) is 9.97 Å². The maximum absolute atomic E-state index is 5.72. The number of hydrogen-bond acceptors (Lipinski definition) is 5. The number of para-hydroxylation sites is 8. The van der Waals surface area contributed by atoms with Crippen molar-refractivity contribution in [2.24, 2.45) is 0 Å². The van der Waals surface area contributed by atoms with E-state index < -0.39 is 10.8 Å². The molecule has 0 saturated carbocycles. The molecule has 0 spiro atoms. The van der Waals surface area contributed by atoms with Crippen molar-refractivity contribution >= 4 is 67.1 Å². The van der Waals surface area contributed by atoms with Gasteiger partial charge in [0, 0.05) is 44.0 Å². The molecule has 2 aromatic heterocycles.